The maximum absolute atomic E-state index is 12.8. The van der Waals surface area contributed by atoms with E-state index in [9.17, 15) is 9.59 Å². The number of nitrogens with zero attached hydrogens (tertiary/aromatic N) is 2. The number of rotatable bonds is 6. The second-order valence-corrected chi connectivity index (χ2v) is 7.25. The first-order valence-electron chi connectivity index (χ1n) is 10.1. The first-order valence-corrected chi connectivity index (χ1v) is 10.1. The monoisotopic (exact) mass is 429 g/mol. The summed E-state index contributed by atoms with van der Waals surface area (Å²) >= 11 is 0. The lowest BCUT2D eigenvalue weighted by atomic mass is 10.1. The summed E-state index contributed by atoms with van der Waals surface area (Å²) in [5, 5.41) is 2.89. The normalized spacial score (nSPS) is 10.7. The van der Waals surface area contributed by atoms with Crippen LogP contribution in [0.25, 0.3) is 22.3 Å². The highest BCUT2D eigenvalue weighted by molar-refractivity contribution is 5.94. The van der Waals surface area contributed by atoms with E-state index in [0.29, 0.717) is 28.3 Å². The van der Waals surface area contributed by atoms with Crippen LogP contribution in [0, 0.1) is 0 Å². The molecule has 0 unspecified atom stereocenters. The summed E-state index contributed by atoms with van der Waals surface area (Å²) in [6, 6.07) is 19.7. The third-order valence-electron chi connectivity index (χ3n) is 5.33. The molecule has 0 aliphatic carbocycles. The highest BCUT2D eigenvalue weighted by atomic mass is 16.5. The van der Waals surface area contributed by atoms with Gasteiger partial charge in [0.1, 0.15) is 17.2 Å². The molecule has 0 aliphatic heterocycles. The molecule has 4 rings (SSSR count). The van der Waals surface area contributed by atoms with Crippen molar-refractivity contribution in [2.24, 2.45) is 7.05 Å². The van der Waals surface area contributed by atoms with Gasteiger partial charge in [-0.05, 0) is 42.5 Å². The molecule has 4 aromatic rings. The van der Waals surface area contributed by atoms with E-state index in [2.05, 4.69) is 10.3 Å². The van der Waals surface area contributed by atoms with E-state index in [1.807, 2.05) is 30.3 Å². The van der Waals surface area contributed by atoms with Crippen molar-refractivity contribution in [3.05, 3.63) is 88.2 Å². The van der Waals surface area contributed by atoms with Crippen molar-refractivity contribution in [2.75, 3.05) is 14.2 Å². The number of aromatic nitrogens is 2. The quantitative estimate of drug-likeness (QED) is 0.507. The Morgan fingerprint density at radius 2 is 1.75 bits per heavy atom. The van der Waals surface area contributed by atoms with Gasteiger partial charge in [0, 0.05) is 30.3 Å². The van der Waals surface area contributed by atoms with E-state index in [-0.39, 0.29) is 18.0 Å². The second kappa shape index (κ2) is 8.93. The first-order chi connectivity index (χ1) is 15.5. The fourth-order valence-corrected chi connectivity index (χ4v) is 3.54. The summed E-state index contributed by atoms with van der Waals surface area (Å²) in [6.45, 7) is 0.285. The minimum Gasteiger partial charge on any atom is -0.497 e. The van der Waals surface area contributed by atoms with Gasteiger partial charge in [-0.25, -0.2) is 4.98 Å². The molecule has 0 fully saturated rings. The molecular formula is C25H23N3O4. The number of methoxy groups -OCH3 is 2. The summed E-state index contributed by atoms with van der Waals surface area (Å²) < 4.78 is 12.2. The third kappa shape index (κ3) is 4.05. The fourth-order valence-electron chi connectivity index (χ4n) is 3.54. The number of nitrogens with one attached hydrogen (secondary N) is 1. The Bertz CT molecular complexity index is 1340. The molecule has 32 heavy (non-hydrogen) atoms. The average molecular weight is 429 g/mol. The molecule has 3 aromatic carbocycles. The first kappa shape index (κ1) is 21.1. The van der Waals surface area contributed by atoms with Gasteiger partial charge in [-0.15, -0.1) is 0 Å². The lowest BCUT2D eigenvalue weighted by Gasteiger charge is -2.12. The van der Waals surface area contributed by atoms with Gasteiger partial charge in [-0.3, -0.25) is 9.59 Å². The number of carbonyl (C=O) groups is 1. The van der Waals surface area contributed by atoms with Crippen molar-refractivity contribution in [3.63, 3.8) is 0 Å². The molecule has 1 heterocycles. The average Bonchev–Trinajstić information content (AvgIpc) is 2.84. The summed E-state index contributed by atoms with van der Waals surface area (Å²) in [6.07, 6.45) is 0. The number of fused-ring (bicyclic) bond motifs is 1. The highest BCUT2D eigenvalue weighted by Crippen LogP contribution is 2.24. The van der Waals surface area contributed by atoms with E-state index >= 15 is 0 Å². The van der Waals surface area contributed by atoms with E-state index in [0.717, 1.165) is 16.6 Å². The molecule has 0 aliphatic rings. The van der Waals surface area contributed by atoms with E-state index in [1.165, 1.54) is 0 Å². The number of amides is 1. The molecule has 1 amide bonds. The van der Waals surface area contributed by atoms with Crippen molar-refractivity contribution in [1.29, 1.82) is 0 Å². The Morgan fingerprint density at radius 3 is 2.47 bits per heavy atom. The van der Waals surface area contributed by atoms with Gasteiger partial charge in [0.2, 0.25) is 0 Å². The lowest BCUT2D eigenvalue weighted by molar-refractivity contribution is 0.0950. The molecule has 1 aromatic heterocycles. The standard InChI is InChI=1S/C25H23N3O4/c1-28-21-7-5-4-6-20(21)27-23(25(28)30)16-8-10-17(11-9-16)24(29)26-15-18-14-19(31-2)12-13-22(18)32-3/h4-14H,15H2,1-3H3,(H,26,29). The van der Waals surface area contributed by atoms with Gasteiger partial charge in [0.05, 0.1) is 25.3 Å². The summed E-state index contributed by atoms with van der Waals surface area (Å²) in [7, 11) is 4.89. The van der Waals surface area contributed by atoms with Gasteiger partial charge >= 0.3 is 0 Å². The molecule has 162 valence electrons. The number of hydrogen-bond acceptors (Lipinski definition) is 5. The lowest BCUT2D eigenvalue weighted by Crippen LogP contribution is -2.23. The molecule has 0 saturated carbocycles. The zero-order valence-corrected chi connectivity index (χ0v) is 18.1. The van der Waals surface area contributed by atoms with Crippen molar-refractivity contribution in [3.8, 4) is 22.8 Å². The SMILES string of the molecule is COc1ccc(OC)c(CNC(=O)c2ccc(-c3nc4ccccc4n(C)c3=O)cc2)c1. The summed E-state index contributed by atoms with van der Waals surface area (Å²) in [5.41, 5.74) is 3.60. The van der Waals surface area contributed by atoms with Gasteiger partial charge in [0.25, 0.3) is 11.5 Å². The highest BCUT2D eigenvalue weighted by Gasteiger charge is 2.13. The van der Waals surface area contributed by atoms with Crippen LogP contribution in [0.3, 0.4) is 0 Å². The Balaban J connectivity index is 1.55. The molecule has 0 spiro atoms. The molecule has 7 nitrogen and oxygen atoms in total. The molecule has 0 bridgehead atoms. The van der Waals surface area contributed by atoms with Crippen LogP contribution in [-0.2, 0) is 13.6 Å². The zero-order chi connectivity index (χ0) is 22.7. The number of carbonyl (C=O) groups excluding carboxylic acids is 1. The Labute approximate surface area is 185 Å². The van der Waals surface area contributed by atoms with Gasteiger partial charge in [-0.1, -0.05) is 24.3 Å². The molecule has 0 radical (unpaired) electrons. The number of para-hydroxylation sites is 2. The van der Waals surface area contributed by atoms with Crippen molar-refractivity contribution in [2.45, 2.75) is 6.54 Å². The second-order valence-electron chi connectivity index (χ2n) is 7.25. The molecule has 1 N–H and O–H groups in total. The summed E-state index contributed by atoms with van der Waals surface area (Å²) in [4.78, 5) is 30.0. The number of hydrogen-bond donors (Lipinski definition) is 1. The smallest absolute Gasteiger partial charge is 0.277 e. The predicted octanol–water partition coefficient (Wildman–Crippen LogP) is 3.55. The Morgan fingerprint density at radius 1 is 1.00 bits per heavy atom. The molecular weight excluding hydrogens is 406 g/mol. The molecule has 0 saturated heterocycles. The minimum atomic E-state index is -0.235. The zero-order valence-electron chi connectivity index (χ0n) is 18.1. The van der Waals surface area contributed by atoms with E-state index in [4.69, 9.17) is 9.47 Å². The fraction of sp³-hybridized carbons (Fsp3) is 0.160. The van der Waals surface area contributed by atoms with Crippen LogP contribution in [0.15, 0.2) is 71.5 Å². The van der Waals surface area contributed by atoms with Crippen LogP contribution in [0.4, 0.5) is 0 Å². The van der Waals surface area contributed by atoms with Crippen LogP contribution < -0.4 is 20.3 Å². The summed E-state index contributed by atoms with van der Waals surface area (Å²) in [5.74, 6) is 1.12. The van der Waals surface area contributed by atoms with Gasteiger partial charge in [0.15, 0.2) is 0 Å². The predicted molar refractivity (Wildman–Crippen MR) is 123 cm³/mol. The van der Waals surface area contributed by atoms with Gasteiger partial charge < -0.3 is 19.4 Å². The van der Waals surface area contributed by atoms with E-state index in [1.54, 1.807) is 62.2 Å². The van der Waals surface area contributed by atoms with Crippen molar-refractivity contribution < 1.29 is 14.3 Å². The maximum atomic E-state index is 12.8. The molecule has 0 atom stereocenters. The Hall–Kier alpha value is -4.13. The number of aryl methyl sites for hydroxylation is 1. The van der Waals surface area contributed by atoms with Crippen molar-refractivity contribution in [1.82, 2.24) is 14.9 Å². The van der Waals surface area contributed by atoms with Crippen molar-refractivity contribution >= 4 is 16.9 Å². The largest absolute Gasteiger partial charge is 0.497 e. The third-order valence-corrected chi connectivity index (χ3v) is 5.33. The van der Waals surface area contributed by atoms with Crippen LogP contribution in [0.5, 0.6) is 11.5 Å². The van der Waals surface area contributed by atoms with E-state index < -0.39 is 0 Å². The van der Waals surface area contributed by atoms with Crippen LogP contribution >= 0.6 is 0 Å². The van der Waals surface area contributed by atoms with Crippen LogP contribution in [-0.4, -0.2) is 29.7 Å². The topological polar surface area (TPSA) is 82.4 Å². The number of ether oxygens (including phenoxy) is 2. The van der Waals surface area contributed by atoms with Crippen LogP contribution in [0.2, 0.25) is 0 Å². The van der Waals surface area contributed by atoms with Crippen LogP contribution in [0.1, 0.15) is 15.9 Å². The Kier molecular flexibility index (Phi) is 5.89. The molecule has 7 heteroatoms. The maximum Gasteiger partial charge on any atom is 0.277 e. The number of benzene rings is 3. The van der Waals surface area contributed by atoms with Gasteiger partial charge in [-0.2, -0.15) is 0 Å². The minimum absolute atomic E-state index is 0.189.